The van der Waals surface area contributed by atoms with Crippen molar-refractivity contribution in [1.82, 2.24) is 5.32 Å². The molecule has 0 aromatic rings. The van der Waals surface area contributed by atoms with Gasteiger partial charge in [0.1, 0.15) is 0 Å². The van der Waals surface area contributed by atoms with Gasteiger partial charge in [-0.25, -0.2) is 0 Å². The van der Waals surface area contributed by atoms with Crippen molar-refractivity contribution in [3.8, 4) is 0 Å². The van der Waals surface area contributed by atoms with E-state index in [1.165, 1.54) is 173 Å². The summed E-state index contributed by atoms with van der Waals surface area (Å²) in [5, 5.41) is 23.0. The summed E-state index contributed by atoms with van der Waals surface area (Å²) in [7, 11) is 0. The molecule has 0 spiro atoms. The summed E-state index contributed by atoms with van der Waals surface area (Å²) in [6.07, 6.45) is 62.4. The number of carbonyl (C=O) groups excluding carboxylic acids is 1. The molecule has 4 heteroatoms. The lowest BCUT2D eigenvalue weighted by atomic mass is 10.0. The van der Waals surface area contributed by atoms with Crippen LogP contribution in [0.3, 0.4) is 0 Å². The monoisotopic (exact) mass is 756 g/mol. The maximum absolute atomic E-state index is 12.4. The molecule has 0 bridgehead atoms. The fourth-order valence-electron chi connectivity index (χ4n) is 7.09. The highest BCUT2D eigenvalue weighted by Crippen LogP contribution is 2.15. The minimum absolute atomic E-state index is 0.0867. The van der Waals surface area contributed by atoms with Crippen molar-refractivity contribution >= 4 is 5.91 Å². The van der Waals surface area contributed by atoms with Gasteiger partial charge in [-0.15, -0.1) is 0 Å². The van der Waals surface area contributed by atoms with Crippen molar-refractivity contribution in [2.24, 2.45) is 0 Å². The molecule has 0 aliphatic carbocycles. The predicted octanol–water partition coefficient (Wildman–Crippen LogP) is 15.1. The van der Waals surface area contributed by atoms with Crippen LogP contribution in [-0.2, 0) is 4.79 Å². The average Bonchev–Trinajstić information content (AvgIpc) is 3.18. The van der Waals surface area contributed by atoms with Gasteiger partial charge in [0.2, 0.25) is 5.91 Å². The first-order valence-corrected chi connectivity index (χ1v) is 23.9. The maximum atomic E-state index is 12.4. The lowest BCUT2D eigenvalue weighted by molar-refractivity contribution is -0.123. The largest absolute Gasteiger partial charge is 0.394 e. The van der Waals surface area contributed by atoms with Gasteiger partial charge in [-0.2, -0.15) is 0 Å². The second-order valence-electron chi connectivity index (χ2n) is 16.2. The first-order chi connectivity index (χ1) is 26.7. The van der Waals surface area contributed by atoms with E-state index in [1.54, 1.807) is 6.08 Å². The number of allylic oxidation sites excluding steroid dienone is 7. The van der Waals surface area contributed by atoms with E-state index in [0.717, 1.165) is 51.4 Å². The van der Waals surface area contributed by atoms with E-state index in [0.29, 0.717) is 6.42 Å². The zero-order valence-electron chi connectivity index (χ0n) is 36.2. The van der Waals surface area contributed by atoms with Crippen LogP contribution in [0, 0.1) is 0 Å². The van der Waals surface area contributed by atoms with Crippen molar-refractivity contribution in [2.45, 2.75) is 257 Å². The van der Waals surface area contributed by atoms with Crippen LogP contribution in [0.4, 0.5) is 0 Å². The lowest BCUT2D eigenvalue weighted by Gasteiger charge is -2.19. The van der Waals surface area contributed by atoms with Crippen LogP contribution in [0.2, 0.25) is 0 Å². The predicted molar refractivity (Wildman–Crippen MR) is 239 cm³/mol. The van der Waals surface area contributed by atoms with E-state index < -0.39 is 12.1 Å². The number of rotatable bonds is 43. The zero-order valence-corrected chi connectivity index (χ0v) is 36.2. The van der Waals surface area contributed by atoms with Crippen LogP contribution >= 0.6 is 0 Å². The van der Waals surface area contributed by atoms with Crippen molar-refractivity contribution in [1.29, 1.82) is 0 Å². The molecule has 0 aromatic heterocycles. The van der Waals surface area contributed by atoms with Gasteiger partial charge < -0.3 is 15.5 Å². The van der Waals surface area contributed by atoms with Crippen LogP contribution in [-0.4, -0.2) is 34.9 Å². The summed E-state index contributed by atoms with van der Waals surface area (Å²) in [5.41, 5.74) is 0. The van der Waals surface area contributed by atoms with Crippen LogP contribution in [0.1, 0.15) is 245 Å². The molecule has 0 saturated carbocycles. The van der Waals surface area contributed by atoms with Crippen molar-refractivity contribution in [3.05, 3.63) is 48.6 Å². The number of hydrogen-bond donors (Lipinski definition) is 3. The number of aliphatic hydroxyl groups is 2. The van der Waals surface area contributed by atoms with Crippen LogP contribution in [0.15, 0.2) is 48.6 Å². The standard InChI is InChI=1S/C50H93NO3/c1-3-5-7-9-11-13-15-17-19-20-21-22-23-24-25-26-27-28-29-30-32-33-35-37-39-41-43-45-49(53)48(47-52)51-50(54)46-44-42-40-38-36-34-31-18-16-14-12-10-8-6-4-2/h18,29-31,35,37,43,45,48-49,52-53H,3-17,19-28,32-34,36,38-42,44,46-47H2,1-2H3,(H,51,54)/b30-29+,31-18-,37-35+,45-43+. The van der Waals surface area contributed by atoms with Gasteiger partial charge in [0, 0.05) is 6.42 Å². The Balaban J connectivity index is 3.60. The van der Waals surface area contributed by atoms with Gasteiger partial charge >= 0.3 is 0 Å². The van der Waals surface area contributed by atoms with Crippen molar-refractivity contribution < 1.29 is 15.0 Å². The molecule has 0 aliphatic rings. The molecule has 316 valence electrons. The Morgan fingerprint density at radius 3 is 1.07 bits per heavy atom. The first kappa shape index (κ1) is 52.3. The van der Waals surface area contributed by atoms with Gasteiger partial charge in [-0.1, -0.05) is 217 Å². The highest BCUT2D eigenvalue weighted by atomic mass is 16.3. The number of unbranched alkanes of at least 4 members (excludes halogenated alkanes) is 30. The summed E-state index contributed by atoms with van der Waals surface area (Å²) in [6, 6.07) is -0.650. The fraction of sp³-hybridized carbons (Fsp3) is 0.820. The molecule has 0 saturated heterocycles. The van der Waals surface area contributed by atoms with Gasteiger partial charge in [0.15, 0.2) is 0 Å². The van der Waals surface area contributed by atoms with Gasteiger partial charge in [0.25, 0.3) is 0 Å². The normalized spacial score (nSPS) is 13.3. The highest BCUT2D eigenvalue weighted by molar-refractivity contribution is 5.76. The van der Waals surface area contributed by atoms with E-state index in [1.807, 2.05) is 6.08 Å². The topological polar surface area (TPSA) is 69.6 Å². The van der Waals surface area contributed by atoms with E-state index in [2.05, 4.69) is 55.6 Å². The summed E-state index contributed by atoms with van der Waals surface area (Å²) in [5.74, 6) is -0.0867. The molecule has 1 amide bonds. The average molecular weight is 756 g/mol. The Morgan fingerprint density at radius 2 is 0.722 bits per heavy atom. The molecular formula is C50H93NO3. The SMILES string of the molecule is CCCCCCCC/C=C\CCCCCCCC(=O)NC(CO)C(O)/C=C/CC/C=C/CC/C=C/CCCCCCCCCCCCCCCCCCC. The molecule has 0 heterocycles. The molecule has 54 heavy (non-hydrogen) atoms. The third-order valence-electron chi connectivity index (χ3n) is 10.8. The third-order valence-corrected chi connectivity index (χ3v) is 10.8. The number of carbonyl (C=O) groups is 1. The van der Waals surface area contributed by atoms with Crippen LogP contribution < -0.4 is 5.32 Å². The summed E-state index contributed by atoms with van der Waals surface area (Å²) < 4.78 is 0. The quantitative estimate of drug-likeness (QED) is 0.0429. The van der Waals surface area contributed by atoms with Gasteiger partial charge in [-0.3, -0.25) is 4.79 Å². The second kappa shape index (κ2) is 45.7. The Kier molecular flexibility index (Phi) is 44.3. The smallest absolute Gasteiger partial charge is 0.220 e. The van der Waals surface area contributed by atoms with Gasteiger partial charge in [-0.05, 0) is 70.6 Å². The van der Waals surface area contributed by atoms with Crippen LogP contribution in [0.25, 0.3) is 0 Å². The molecule has 3 N–H and O–H groups in total. The van der Waals surface area contributed by atoms with Crippen LogP contribution in [0.5, 0.6) is 0 Å². The molecule has 4 nitrogen and oxygen atoms in total. The first-order valence-electron chi connectivity index (χ1n) is 23.9. The Bertz CT molecular complexity index is 862. The summed E-state index contributed by atoms with van der Waals surface area (Å²) >= 11 is 0. The maximum Gasteiger partial charge on any atom is 0.220 e. The molecule has 0 rings (SSSR count). The van der Waals surface area contributed by atoms with Crippen molar-refractivity contribution in [3.63, 3.8) is 0 Å². The molecule has 0 fully saturated rings. The Labute approximate surface area is 337 Å². The van der Waals surface area contributed by atoms with E-state index in [-0.39, 0.29) is 12.5 Å². The molecular weight excluding hydrogens is 663 g/mol. The number of amides is 1. The number of aliphatic hydroxyl groups excluding tert-OH is 2. The molecule has 0 aliphatic heterocycles. The third kappa shape index (κ3) is 41.5. The van der Waals surface area contributed by atoms with E-state index in [9.17, 15) is 15.0 Å². The second-order valence-corrected chi connectivity index (χ2v) is 16.2. The minimum atomic E-state index is -0.874. The lowest BCUT2D eigenvalue weighted by Crippen LogP contribution is -2.45. The minimum Gasteiger partial charge on any atom is -0.394 e. The Hall–Kier alpha value is -1.65. The van der Waals surface area contributed by atoms with E-state index >= 15 is 0 Å². The Morgan fingerprint density at radius 1 is 0.426 bits per heavy atom. The molecule has 0 aromatic carbocycles. The van der Waals surface area contributed by atoms with E-state index in [4.69, 9.17) is 0 Å². The summed E-state index contributed by atoms with van der Waals surface area (Å²) in [4.78, 5) is 12.4. The highest BCUT2D eigenvalue weighted by Gasteiger charge is 2.17. The molecule has 0 radical (unpaired) electrons. The molecule has 2 unspecified atom stereocenters. The van der Waals surface area contributed by atoms with Gasteiger partial charge in [0.05, 0.1) is 18.8 Å². The molecule has 2 atom stereocenters. The van der Waals surface area contributed by atoms with Crippen molar-refractivity contribution in [2.75, 3.05) is 6.61 Å². The fourth-order valence-corrected chi connectivity index (χ4v) is 7.09. The zero-order chi connectivity index (χ0) is 39.3. The number of hydrogen-bond acceptors (Lipinski definition) is 3. The summed E-state index contributed by atoms with van der Waals surface area (Å²) in [6.45, 7) is 4.29. The number of nitrogens with one attached hydrogen (secondary N) is 1.